The average Bonchev–Trinajstić information content (AvgIpc) is 2.38. The third-order valence-electron chi connectivity index (χ3n) is 3.07. The zero-order valence-corrected chi connectivity index (χ0v) is 10.9. The van der Waals surface area contributed by atoms with Gasteiger partial charge in [0.25, 0.3) is 0 Å². The number of aldehydes is 1. The van der Waals surface area contributed by atoms with E-state index >= 15 is 0 Å². The van der Waals surface area contributed by atoms with Crippen LogP contribution in [0.25, 0.3) is 0 Å². The van der Waals surface area contributed by atoms with Crippen LogP contribution in [0.15, 0.2) is 35.9 Å². The van der Waals surface area contributed by atoms with Gasteiger partial charge in [0.05, 0.1) is 0 Å². The van der Waals surface area contributed by atoms with Crippen LogP contribution < -0.4 is 4.74 Å². The predicted molar refractivity (Wildman–Crippen MR) is 73.3 cm³/mol. The van der Waals surface area contributed by atoms with Crippen molar-refractivity contribution in [3.63, 3.8) is 0 Å². The van der Waals surface area contributed by atoms with Gasteiger partial charge in [0.15, 0.2) is 0 Å². The molecule has 0 radical (unpaired) electrons. The van der Waals surface area contributed by atoms with E-state index in [9.17, 15) is 4.79 Å². The van der Waals surface area contributed by atoms with E-state index in [4.69, 9.17) is 4.74 Å². The first kappa shape index (κ1) is 12.6. The highest BCUT2D eigenvalue weighted by molar-refractivity contribution is 5.76. The van der Waals surface area contributed by atoms with Gasteiger partial charge in [0, 0.05) is 5.56 Å². The van der Waals surface area contributed by atoms with Crippen LogP contribution in [0.5, 0.6) is 5.75 Å². The van der Waals surface area contributed by atoms with E-state index in [1.54, 1.807) is 0 Å². The number of hydrogen-bond acceptors (Lipinski definition) is 2. The van der Waals surface area contributed by atoms with E-state index in [0.717, 1.165) is 36.0 Å². The van der Waals surface area contributed by atoms with Crippen LogP contribution in [0.3, 0.4) is 0 Å². The first-order chi connectivity index (χ1) is 8.70. The fourth-order valence-corrected chi connectivity index (χ4v) is 2.21. The molecule has 2 nitrogen and oxygen atoms in total. The van der Waals surface area contributed by atoms with Crippen molar-refractivity contribution in [2.75, 3.05) is 6.61 Å². The second-order valence-corrected chi connectivity index (χ2v) is 4.65. The fourth-order valence-electron chi connectivity index (χ4n) is 2.21. The van der Waals surface area contributed by atoms with Gasteiger partial charge in [-0.15, -0.1) is 0 Å². The van der Waals surface area contributed by atoms with Crippen molar-refractivity contribution in [1.82, 2.24) is 0 Å². The highest BCUT2D eigenvalue weighted by atomic mass is 16.5. The highest BCUT2D eigenvalue weighted by Crippen LogP contribution is 2.25. The monoisotopic (exact) mass is 242 g/mol. The summed E-state index contributed by atoms with van der Waals surface area (Å²) >= 11 is 0. The minimum atomic E-state index is 0.596. The number of hydrogen-bond donors (Lipinski definition) is 0. The molecule has 1 aromatic rings. The van der Waals surface area contributed by atoms with Crippen molar-refractivity contribution in [2.45, 2.75) is 26.7 Å². The van der Waals surface area contributed by atoms with E-state index in [1.807, 2.05) is 26.0 Å². The smallest absolute Gasteiger partial charge is 0.150 e. The van der Waals surface area contributed by atoms with Crippen LogP contribution in [0.1, 0.15) is 34.3 Å². The Balaban J connectivity index is 2.12. The Morgan fingerprint density at radius 2 is 1.94 bits per heavy atom. The molecule has 0 aromatic heterocycles. The fraction of sp³-hybridized carbons (Fsp3) is 0.312. The van der Waals surface area contributed by atoms with Gasteiger partial charge in [-0.1, -0.05) is 18.2 Å². The molecule has 1 aliphatic rings. The lowest BCUT2D eigenvalue weighted by Gasteiger charge is -2.14. The van der Waals surface area contributed by atoms with E-state index in [1.165, 1.54) is 5.57 Å². The molecule has 2 heteroatoms. The number of rotatable bonds is 4. The van der Waals surface area contributed by atoms with Crippen molar-refractivity contribution in [1.29, 1.82) is 0 Å². The lowest BCUT2D eigenvalue weighted by Crippen LogP contribution is -2.04. The Hall–Kier alpha value is -1.83. The summed E-state index contributed by atoms with van der Waals surface area (Å²) < 4.78 is 5.87. The summed E-state index contributed by atoms with van der Waals surface area (Å²) in [5.74, 6) is 0.889. The van der Waals surface area contributed by atoms with Crippen molar-refractivity contribution < 1.29 is 9.53 Å². The van der Waals surface area contributed by atoms with Gasteiger partial charge in [0.2, 0.25) is 0 Å². The molecule has 2 rings (SSSR count). The second kappa shape index (κ2) is 5.67. The van der Waals surface area contributed by atoms with E-state index in [0.29, 0.717) is 12.2 Å². The van der Waals surface area contributed by atoms with Crippen molar-refractivity contribution in [2.24, 2.45) is 0 Å². The maximum absolute atomic E-state index is 10.8. The summed E-state index contributed by atoms with van der Waals surface area (Å²) in [6.45, 7) is 4.54. The molecule has 1 aromatic carbocycles. The summed E-state index contributed by atoms with van der Waals surface area (Å²) in [6, 6.07) is 3.72. The van der Waals surface area contributed by atoms with Crippen LogP contribution in [0.4, 0.5) is 0 Å². The Morgan fingerprint density at radius 1 is 1.22 bits per heavy atom. The molecule has 0 fully saturated rings. The highest BCUT2D eigenvalue weighted by Gasteiger charge is 2.07. The molecule has 0 amide bonds. The zero-order valence-electron chi connectivity index (χ0n) is 10.9. The largest absolute Gasteiger partial charge is 0.488 e. The van der Waals surface area contributed by atoms with Crippen molar-refractivity contribution in [3.8, 4) is 5.75 Å². The number of benzene rings is 1. The topological polar surface area (TPSA) is 26.3 Å². The third-order valence-corrected chi connectivity index (χ3v) is 3.07. The molecule has 0 atom stereocenters. The van der Waals surface area contributed by atoms with Gasteiger partial charge in [-0.05, 0) is 55.5 Å². The number of carbonyl (C=O) groups excluding carboxylic acids is 1. The number of ether oxygens (including phenoxy) is 1. The van der Waals surface area contributed by atoms with Crippen LogP contribution in [-0.2, 0) is 0 Å². The first-order valence-corrected chi connectivity index (χ1v) is 6.25. The minimum absolute atomic E-state index is 0.596. The third kappa shape index (κ3) is 2.89. The first-order valence-electron chi connectivity index (χ1n) is 6.25. The molecule has 94 valence electrons. The summed E-state index contributed by atoms with van der Waals surface area (Å²) in [7, 11) is 0. The second-order valence-electron chi connectivity index (χ2n) is 4.65. The van der Waals surface area contributed by atoms with Crippen LogP contribution in [0, 0.1) is 13.8 Å². The number of carbonyl (C=O) groups is 1. The SMILES string of the molecule is Cc1cc(C=O)cc(C)c1OCC1=CCCC=C1. The van der Waals surface area contributed by atoms with Gasteiger partial charge in [0.1, 0.15) is 18.6 Å². The van der Waals surface area contributed by atoms with Gasteiger partial charge in [-0.25, -0.2) is 0 Å². The van der Waals surface area contributed by atoms with Gasteiger partial charge in [-0.2, -0.15) is 0 Å². The molecular weight excluding hydrogens is 224 g/mol. The van der Waals surface area contributed by atoms with Gasteiger partial charge < -0.3 is 4.74 Å². The summed E-state index contributed by atoms with van der Waals surface area (Å²) in [4.78, 5) is 10.8. The molecule has 0 bridgehead atoms. The molecule has 0 saturated carbocycles. The molecule has 1 aliphatic carbocycles. The Kier molecular flexibility index (Phi) is 3.98. The Bertz CT molecular complexity index is 487. The molecule has 0 unspecified atom stereocenters. The van der Waals surface area contributed by atoms with Crippen molar-refractivity contribution >= 4 is 6.29 Å². The van der Waals surface area contributed by atoms with E-state index < -0.39 is 0 Å². The molecule has 0 saturated heterocycles. The van der Waals surface area contributed by atoms with Gasteiger partial charge >= 0.3 is 0 Å². The van der Waals surface area contributed by atoms with Crippen molar-refractivity contribution in [3.05, 3.63) is 52.6 Å². The molecule has 0 aliphatic heterocycles. The maximum atomic E-state index is 10.8. The van der Waals surface area contributed by atoms with E-state index in [2.05, 4.69) is 18.2 Å². The summed E-state index contributed by atoms with van der Waals surface area (Å²) in [5.41, 5.74) is 3.95. The number of aryl methyl sites for hydroxylation is 2. The summed E-state index contributed by atoms with van der Waals surface area (Å²) in [5, 5.41) is 0. The molecule has 0 spiro atoms. The lowest BCUT2D eigenvalue weighted by atomic mass is 10.1. The van der Waals surface area contributed by atoms with Crippen LogP contribution in [-0.4, -0.2) is 12.9 Å². The van der Waals surface area contributed by atoms with Gasteiger partial charge in [-0.3, -0.25) is 4.79 Å². The van der Waals surface area contributed by atoms with Crippen LogP contribution in [0.2, 0.25) is 0 Å². The molecule has 0 heterocycles. The molecular formula is C16H18O2. The maximum Gasteiger partial charge on any atom is 0.150 e. The molecule has 0 N–H and O–H groups in total. The zero-order chi connectivity index (χ0) is 13.0. The Labute approximate surface area is 108 Å². The minimum Gasteiger partial charge on any atom is -0.488 e. The standard InChI is InChI=1S/C16H18O2/c1-12-8-15(10-17)9-13(2)16(12)18-11-14-6-4-3-5-7-14/h4,6-10H,3,5,11H2,1-2H3. The Morgan fingerprint density at radius 3 is 2.50 bits per heavy atom. The predicted octanol–water partition coefficient (Wildman–Crippen LogP) is 3.77. The normalized spacial score (nSPS) is 14.2. The van der Waals surface area contributed by atoms with Crippen LogP contribution >= 0.6 is 0 Å². The number of allylic oxidation sites excluding steroid dienone is 2. The summed E-state index contributed by atoms with van der Waals surface area (Å²) in [6.07, 6.45) is 9.59. The average molecular weight is 242 g/mol. The quantitative estimate of drug-likeness (QED) is 0.751. The van der Waals surface area contributed by atoms with E-state index in [-0.39, 0.29) is 0 Å². The lowest BCUT2D eigenvalue weighted by molar-refractivity contribution is 0.112. The molecule has 18 heavy (non-hydrogen) atoms.